The maximum absolute atomic E-state index is 6.05. The Bertz CT molecular complexity index is 1150. The Morgan fingerprint density at radius 2 is 1.60 bits per heavy atom. The summed E-state index contributed by atoms with van der Waals surface area (Å²) in [6, 6.07) is 22.3. The highest BCUT2D eigenvalue weighted by atomic mass is 16.5. The van der Waals surface area contributed by atoms with Crippen LogP contribution < -0.4 is 14.2 Å². The Balaban J connectivity index is 1.59. The van der Waals surface area contributed by atoms with Gasteiger partial charge in [-0.1, -0.05) is 36.4 Å². The van der Waals surface area contributed by atoms with Crippen molar-refractivity contribution in [2.45, 2.75) is 19.9 Å². The van der Waals surface area contributed by atoms with Gasteiger partial charge in [-0.2, -0.15) is 0 Å². The predicted molar refractivity (Wildman–Crippen MR) is 119 cm³/mol. The third-order valence-electron chi connectivity index (χ3n) is 5.21. The van der Waals surface area contributed by atoms with Gasteiger partial charge in [0.1, 0.15) is 18.2 Å². The van der Waals surface area contributed by atoms with E-state index in [1.54, 1.807) is 14.2 Å². The van der Waals surface area contributed by atoms with Gasteiger partial charge in [-0.3, -0.25) is 0 Å². The number of aryl methyl sites for hydroxylation is 1. The summed E-state index contributed by atoms with van der Waals surface area (Å²) in [5.41, 5.74) is 4.35. The van der Waals surface area contributed by atoms with Gasteiger partial charge in [-0.15, -0.1) is 0 Å². The number of fused-ring (bicyclic) bond motifs is 1. The Hall–Kier alpha value is -3.47. The molecule has 1 heterocycles. The molecule has 4 aromatic rings. The van der Waals surface area contributed by atoms with Crippen LogP contribution in [0.25, 0.3) is 11.0 Å². The van der Waals surface area contributed by atoms with Gasteiger partial charge >= 0.3 is 0 Å². The lowest BCUT2D eigenvalue weighted by molar-refractivity contribution is 0.296. The minimum Gasteiger partial charge on any atom is -0.493 e. The molecule has 0 saturated carbocycles. The van der Waals surface area contributed by atoms with E-state index in [1.807, 2.05) is 48.5 Å². The van der Waals surface area contributed by atoms with Crippen molar-refractivity contribution < 1.29 is 14.2 Å². The van der Waals surface area contributed by atoms with Gasteiger partial charge in [0.15, 0.2) is 11.5 Å². The summed E-state index contributed by atoms with van der Waals surface area (Å²) in [4.78, 5) is 4.88. The van der Waals surface area contributed by atoms with Crippen LogP contribution in [0.3, 0.4) is 0 Å². The lowest BCUT2D eigenvalue weighted by Gasteiger charge is -2.13. The molecule has 0 fully saturated rings. The summed E-state index contributed by atoms with van der Waals surface area (Å²) < 4.78 is 19.1. The third-order valence-corrected chi connectivity index (χ3v) is 5.21. The average Bonchev–Trinajstić information content (AvgIpc) is 3.12. The third kappa shape index (κ3) is 4.10. The Kier molecular flexibility index (Phi) is 5.89. The fraction of sp³-hybridized carbons (Fsp3) is 0.240. The van der Waals surface area contributed by atoms with Gasteiger partial charge < -0.3 is 18.8 Å². The Morgan fingerprint density at radius 1 is 0.833 bits per heavy atom. The highest BCUT2D eigenvalue weighted by molar-refractivity contribution is 5.76. The number of aromatic nitrogens is 2. The van der Waals surface area contributed by atoms with Crippen LogP contribution in [0.2, 0.25) is 0 Å². The van der Waals surface area contributed by atoms with Crippen LogP contribution in [0.5, 0.6) is 17.2 Å². The molecule has 0 atom stereocenters. The first kappa shape index (κ1) is 19.8. The molecule has 1 aromatic heterocycles. The van der Waals surface area contributed by atoms with Crippen LogP contribution in [0.15, 0.2) is 66.7 Å². The van der Waals surface area contributed by atoms with Crippen molar-refractivity contribution in [3.63, 3.8) is 0 Å². The molecule has 0 bridgehead atoms. The average molecular weight is 402 g/mol. The monoisotopic (exact) mass is 402 g/mol. The second-order valence-electron chi connectivity index (χ2n) is 7.15. The first-order chi connectivity index (χ1) is 14.7. The molecule has 5 heteroatoms. The molecule has 4 rings (SSSR count). The smallest absolute Gasteiger partial charge is 0.161 e. The van der Waals surface area contributed by atoms with E-state index in [1.165, 1.54) is 0 Å². The fourth-order valence-electron chi connectivity index (χ4n) is 3.65. The number of para-hydroxylation sites is 3. The molecule has 0 aliphatic heterocycles. The molecule has 0 amide bonds. The molecule has 5 nitrogen and oxygen atoms in total. The zero-order valence-corrected chi connectivity index (χ0v) is 17.6. The van der Waals surface area contributed by atoms with E-state index in [0.29, 0.717) is 13.0 Å². The van der Waals surface area contributed by atoms with E-state index in [2.05, 4.69) is 29.7 Å². The van der Waals surface area contributed by atoms with Gasteiger partial charge in [0, 0.05) is 6.42 Å². The van der Waals surface area contributed by atoms with Gasteiger partial charge in [-0.05, 0) is 48.4 Å². The van der Waals surface area contributed by atoms with Crippen molar-refractivity contribution in [2.75, 3.05) is 20.8 Å². The summed E-state index contributed by atoms with van der Waals surface area (Å²) in [7, 11) is 3.30. The van der Waals surface area contributed by atoms with Gasteiger partial charge in [0.05, 0.1) is 31.8 Å². The SMILES string of the molecule is COc1ccc(Cc2nc3ccccc3n2CCOc2ccccc2C)cc1OC. The molecule has 3 aromatic carbocycles. The molecule has 0 saturated heterocycles. The van der Waals surface area contributed by atoms with Crippen LogP contribution in [0.1, 0.15) is 17.0 Å². The topological polar surface area (TPSA) is 45.5 Å². The number of methoxy groups -OCH3 is 2. The van der Waals surface area contributed by atoms with Crippen molar-refractivity contribution >= 4 is 11.0 Å². The van der Waals surface area contributed by atoms with E-state index < -0.39 is 0 Å². The number of rotatable bonds is 8. The quantitative estimate of drug-likeness (QED) is 0.415. The minimum absolute atomic E-state index is 0.574. The Morgan fingerprint density at radius 3 is 2.40 bits per heavy atom. The highest BCUT2D eigenvalue weighted by Crippen LogP contribution is 2.29. The maximum Gasteiger partial charge on any atom is 0.161 e. The summed E-state index contributed by atoms with van der Waals surface area (Å²) in [5, 5.41) is 0. The van der Waals surface area contributed by atoms with Crippen molar-refractivity contribution in [2.24, 2.45) is 0 Å². The molecule has 0 aliphatic carbocycles. The van der Waals surface area contributed by atoms with Crippen molar-refractivity contribution in [1.29, 1.82) is 0 Å². The lowest BCUT2D eigenvalue weighted by Crippen LogP contribution is -2.12. The highest BCUT2D eigenvalue weighted by Gasteiger charge is 2.13. The molecule has 0 spiro atoms. The molecule has 0 N–H and O–H groups in total. The zero-order chi connectivity index (χ0) is 20.9. The van der Waals surface area contributed by atoms with E-state index in [4.69, 9.17) is 19.2 Å². The summed E-state index contributed by atoms with van der Waals surface area (Å²) in [5.74, 6) is 3.36. The number of hydrogen-bond donors (Lipinski definition) is 0. The number of benzene rings is 3. The normalized spacial score (nSPS) is 10.9. The standard InChI is InChI=1S/C25H26N2O3/c1-18-8-4-7-11-22(18)30-15-14-27-21-10-6-5-9-20(21)26-25(27)17-19-12-13-23(28-2)24(16-19)29-3/h4-13,16H,14-15,17H2,1-3H3. The number of ether oxygens (including phenoxy) is 3. The van der Waals surface area contributed by atoms with Crippen molar-refractivity contribution in [1.82, 2.24) is 9.55 Å². The summed E-state index contributed by atoms with van der Waals surface area (Å²) in [6.45, 7) is 3.35. The number of nitrogens with zero attached hydrogens (tertiary/aromatic N) is 2. The first-order valence-electron chi connectivity index (χ1n) is 10.0. The van der Waals surface area contributed by atoms with Crippen LogP contribution in [-0.2, 0) is 13.0 Å². The second kappa shape index (κ2) is 8.91. The molecule has 0 aliphatic rings. The predicted octanol–water partition coefficient (Wildman–Crippen LogP) is 5.03. The second-order valence-corrected chi connectivity index (χ2v) is 7.15. The largest absolute Gasteiger partial charge is 0.493 e. The summed E-state index contributed by atoms with van der Waals surface area (Å²) in [6.07, 6.45) is 0.694. The van der Waals surface area contributed by atoms with Gasteiger partial charge in [0.2, 0.25) is 0 Å². The number of hydrogen-bond acceptors (Lipinski definition) is 4. The van der Waals surface area contributed by atoms with Gasteiger partial charge in [0.25, 0.3) is 0 Å². The van der Waals surface area contributed by atoms with Crippen LogP contribution >= 0.6 is 0 Å². The lowest BCUT2D eigenvalue weighted by atomic mass is 10.1. The molecular formula is C25H26N2O3. The van der Waals surface area contributed by atoms with Crippen molar-refractivity contribution in [3.05, 3.63) is 83.7 Å². The molecule has 0 radical (unpaired) electrons. The number of imidazole rings is 1. The van der Waals surface area contributed by atoms with E-state index in [9.17, 15) is 0 Å². The van der Waals surface area contributed by atoms with E-state index in [-0.39, 0.29) is 0 Å². The van der Waals surface area contributed by atoms with E-state index in [0.717, 1.165) is 51.8 Å². The Labute approximate surface area is 176 Å². The molecule has 30 heavy (non-hydrogen) atoms. The van der Waals surface area contributed by atoms with Crippen LogP contribution in [0, 0.1) is 6.92 Å². The molecule has 0 unspecified atom stereocenters. The molecular weight excluding hydrogens is 376 g/mol. The fourth-order valence-corrected chi connectivity index (χ4v) is 3.65. The van der Waals surface area contributed by atoms with Gasteiger partial charge in [-0.25, -0.2) is 4.98 Å². The van der Waals surface area contributed by atoms with Crippen LogP contribution in [-0.4, -0.2) is 30.4 Å². The van der Waals surface area contributed by atoms with Crippen LogP contribution in [0.4, 0.5) is 0 Å². The molecule has 154 valence electrons. The zero-order valence-electron chi connectivity index (χ0n) is 17.6. The summed E-state index contributed by atoms with van der Waals surface area (Å²) >= 11 is 0. The first-order valence-corrected chi connectivity index (χ1v) is 10.0. The van der Waals surface area contributed by atoms with E-state index >= 15 is 0 Å². The van der Waals surface area contributed by atoms with Crippen molar-refractivity contribution in [3.8, 4) is 17.2 Å². The minimum atomic E-state index is 0.574. The maximum atomic E-state index is 6.05.